The van der Waals surface area contributed by atoms with E-state index >= 15 is 0 Å². The van der Waals surface area contributed by atoms with Gasteiger partial charge in [-0.2, -0.15) is 5.10 Å². The lowest BCUT2D eigenvalue weighted by Gasteiger charge is -2.06. The molecule has 106 valence electrons. The molecule has 0 bridgehead atoms. The zero-order chi connectivity index (χ0) is 14.8. The van der Waals surface area contributed by atoms with Gasteiger partial charge in [0.1, 0.15) is 0 Å². The number of pyridine rings is 1. The molecule has 3 rings (SSSR count). The standard InChI is InChI=1S/C17H17N3S/c1-11-10-15(13(3)21-11)12(2)19-20-16-8-4-6-14-7-5-9-18-17(14)16/h4-10,20H,1-3H3/b19-12+. The minimum atomic E-state index is 0.928. The summed E-state index contributed by atoms with van der Waals surface area (Å²) in [7, 11) is 0. The normalized spacial score (nSPS) is 11.9. The number of para-hydroxylation sites is 1. The van der Waals surface area contributed by atoms with Crippen LogP contribution in [-0.4, -0.2) is 10.7 Å². The molecule has 0 saturated carbocycles. The van der Waals surface area contributed by atoms with Crippen molar-refractivity contribution < 1.29 is 0 Å². The Labute approximate surface area is 128 Å². The summed E-state index contributed by atoms with van der Waals surface area (Å²) in [5, 5.41) is 5.63. The maximum atomic E-state index is 4.52. The van der Waals surface area contributed by atoms with Gasteiger partial charge in [-0.05, 0) is 39.0 Å². The summed E-state index contributed by atoms with van der Waals surface area (Å²) in [6.07, 6.45) is 1.80. The van der Waals surface area contributed by atoms with Crippen LogP contribution in [-0.2, 0) is 0 Å². The molecule has 0 aliphatic carbocycles. The molecule has 0 fully saturated rings. The minimum absolute atomic E-state index is 0.928. The van der Waals surface area contributed by atoms with Crippen molar-refractivity contribution in [3.63, 3.8) is 0 Å². The van der Waals surface area contributed by atoms with Crippen molar-refractivity contribution in [2.75, 3.05) is 5.43 Å². The number of anilines is 1. The van der Waals surface area contributed by atoms with Crippen LogP contribution < -0.4 is 5.43 Å². The third-order valence-electron chi connectivity index (χ3n) is 3.41. The van der Waals surface area contributed by atoms with E-state index in [4.69, 9.17) is 0 Å². The zero-order valence-electron chi connectivity index (χ0n) is 12.3. The van der Waals surface area contributed by atoms with Crippen molar-refractivity contribution >= 4 is 33.6 Å². The van der Waals surface area contributed by atoms with Crippen molar-refractivity contribution in [1.29, 1.82) is 0 Å². The molecule has 4 heteroatoms. The average molecular weight is 295 g/mol. The van der Waals surface area contributed by atoms with Crippen molar-refractivity contribution in [2.45, 2.75) is 20.8 Å². The third kappa shape index (κ3) is 2.81. The number of hydrogen-bond acceptors (Lipinski definition) is 4. The van der Waals surface area contributed by atoms with E-state index in [1.165, 1.54) is 15.3 Å². The lowest BCUT2D eigenvalue weighted by molar-refractivity contribution is 1.31. The molecule has 1 N–H and O–H groups in total. The molecule has 0 unspecified atom stereocenters. The number of nitrogens with one attached hydrogen (secondary N) is 1. The lowest BCUT2D eigenvalue weighted by Crippen LogP contribution is -2.00. The number of fused-ring (bicyclic) bond motifs is 1. The molecule has 2 aromatic heterocycles. The number of hydrazone groups is 1. The van der Waals surface area contributed by atoms with Gasteiger partial charge in [-0.15, -0.1) is 11.3 Å². The summed E-state index contributed by atoms with van der Waals surface area (Å²) in [5.74, 6) is 0. The molecule has 0 saturated heterocycles. The van der Waals surface area contributed by atoms with Gasteiger partial charge in [0.15, 0.2) is 0 Å². The van der Waals surface area contributed by atoms with E-state index in [0.29, 0.717) is 0 Å². The summed E-state index contributed by atoms with van der Waals surface area (Å²) in [6.45, 7) is 6.28. The molecule has 0 aliphatic rings. The molecular formula is C17H17N3S. The smallest absolute Gasteiger partial charge is 0.0951 e. The predicted octanol–water partition coefficient (Wildman–Crippen LogP) is 4.75. The highest BCUT2D eigenvalue weighted by Gasteiger charge is 2.06. The van der Waals surface area contributed by atoms with Crippen LogP contribution in [0.15, 0.2) is 47.7 Å². The Hall–Kier alpha value is -2.20. The average Bonchev–Trinajstić information content (AvgIpc) is 2.83. The topological polar surface area (TPSA) is 37.3 Å². The van der Waals surface area contributed by atoms with Gasteiger partial charge in [-0.3, -0.25) is 10.4 Å². The fourth-order valence-electron chi connectivity index (χ4n) is 2.39. The number of hydrogen-bond donors (Lipinski definition) is 1. The quantitative estimate of drug-likeness (QED) is 0.559. The maximum Gasteiger partial charge on any atom is 0.0951 e. The number of rotatable bonds is 3. The molecule has 3 aromatic rings. The maximum absolute atomic E-state index is 4.52. The molecule has 2 heterocycles. The Balaban J connectivity index is 1.92. The Bertz CT molecular complexity index is 813. The number of benzene rings is 1. The van der Waals surface area contributed by atoms with Crippen LogP contribution >= 0.6 is 11.3 Å². The minimum Gasteiger partial charge on any atom is -0.276 e. The highest BCUT2D eigenvalue weighted by Crippen LogP contribution is 2.23. The molecule has 0 radical (unpaired) electrons. The fraction of sp³-hybridized carbons (Fsp3) is 0.176. The van der Waals surface area contributed by atoms with Crippen LogP contribution in [0.4, 0.5) is 5.69 Å². The molecule has 21 heavy (non-hydrogen) atoms. The zero-order valence-corrected chi connectivity index (χ0v) is 13.2. The van der Waals surface area contributed by atoms with Gasteiger partial charge in [0.05, 0.1) is 16.9 Å². The second kappa shape index (κ2) is 5.66. The summed E-state index contributed by atoms with van der Waals surface area (Å²) in [6, 6.07) is 12.2. The van der Waals surface area contributed by atoms with Crippen LogP contribution in [0.5, 0.6) is 0 Å². The Morgan fingerprint density at radius 2 is 2.00 bits per heavy atom. The molecular weight excluding hydrogens is 278 g/mol. The van der Waals surface area contributed by atoms with Gasteiger partial charge < -0.3 is 0 Å². The van der Waals surface area contributed by atoms with Gasteiger partial charge in [-0.1, -0.05) is 18.2 Å². The van der Waals surface area contributed by atoms with Gasteiger partial charge in [-0.25, -0.2) is 0 Å². The highest BCUT2D eigenvalue weighted by atomic mass is 32.1. The Morgan fingerprint density at radius 3 is 2.76 bits per heavy atom. The Morgan fingerprint density at radius 1 is 1.19 bits per heavy atom. The third-order valence-corrected chi connectivity index (χ3v) is 4.37. The van der Waals surface area contributed by atoms with E-state index in [2.05, 4.69) is 47.6 Å². The summed E-state index contributed by atoms with van der Waals surface area (Å²) in [4.78, 5) is 7.03. The van der Waals surface area contributed by atoms with Crippen LogP contribution in [0.3, 0.4) is 0 Å². The van der Waals surface area contributed by atoms with Crippen LogP contribution in [0.2, 0.25) is 0 Å². The monoisotopic (exact) mass is 295 g/mol. The number of aromatic nitrogens is 1. The number of thiophene rings is 1. The molecule has 0 aliphatic heterocycles. The van der Waals surface area contributed by atoms with E-state index in [9.17, 15) is 0 Å². The van der Waals surface area contributed by atoms with Crippen LogP contribution in [0.25, 0.3) is 10.9 Å². The SMILES string of the molecule is C/C(=N\Nc1cccc2cccnc12)c1cc(C)sc1C. The molecule has 3 nitrogen and oxygen atoms in total. The number of aryl methyl sites for hydroxylation is 2. The van der Waals surface area contributed by atoms with E-state index in [1.807, 2.05) is 25.1 Å². The molecule has 0 amide bonds. The fourth-order valence-corrected chi connectivity index (χ4v) is 3.37. The first-order chi connectivity index (χ1) is 10.1. The van der Waals surface area contributed by atoms with Gasteiger partial charge in [0.2, 0.25) is 0 Å². The first-order valence-corrected chi connectivity index (χ1v) is 7.68. The highest BCUT2D eigenvalue weighted by molar-refractivity contribution is 7.12. The molecule has 1 aromatic carbocycles. The first kappa shape index (κ1) is 13.8. The van der Waals surface area contributed by atoms with Crippen LogP contribution in [0.1, 0.15) is 22.2 Å². The van der Waals surface area contributed by atoms with Gasteiger partial charge in [0, 0.05) is 26.9 Å². The van der Waals surface area contributed by atoms with E-state index < -0.39 is 0 Å². The molecule has 0 atom stereocenters. The van der Waals surface area contributed by atoms with Crippen LogP contribution in [0, 0.1) is 13.8 Å². The van der Waals surface area contributed by atoms with Crippen molar-refractivity contribution in [3.05, 3.63) is 57.9 Å². The summed E-state index contributed by atoms with van der Waals surface area (Å²) >= 11 is 1.80. The Kier molecular flexibility index (Phi) is 3.71. The summed E-state index contributed by atoms with van der Waals surface area (Å²) in [5.41, 5.74) is 7.22. The van der Waals surface area contributed by atoms with Crippen molar-refractivity contribution in [2.24, 2.45) is 5.10 Å². The predicted molar refractivity (Wildman–Crippen MR) is 91.4 cm³/mol. The van der Waals surface area contributed by atoms with E-state index in [-0.39, 0.29) is 0 Å². The van der Waals surface area contributed by atoms with Crippen molar-refractivity contribution in [1.82, 2.24) is 4.98 Å². The van der Waals surface area contributed by atoms with E-state index in [0.717, 1.165) is 22.3 Å². The van der Waals surface area contributed by atoms with Gasteiger partial charge in [0.25, 0.3) is 0 Å². The summed E-state index contributed by atoms with van der Waals surface area (Å²) < 4.78 is 0. The number of nitrogens with zero attached hydrogens (tertiary/aromatic N) is 2. The lowest BCUT2D eigenvalue weighted by atomic mass is 10.2. The van der Waals surface area contributed by atoms with E-state index in [1.54, 1.807) is 17.5 Å². The first-order valence-electron chi connectivity index (χ1n) is 6.86. The van der Waals surface area contributed by atoms with Gasteiger partial charge >= 0.3 is 0 Å². The largest absolute Gasteiger partial charge is 0.276 e. The second-order valence-corrected chi connectivity index (χ2v) is 6.48. The second-order valence-electron chi connectivity index (χ2n) is 5.02. The van der Waals surface area contributed by atoms with Crippen molar-refractivity contribution in [3.8, 4) is 0 Å². The molecule has 0 spiro atoms.